The number of rotatable bonds is 2. The van der Waals surface area contributed by atoms with Gasteiger partial charge in [0.2, 0.25) is 0 Å². The lowest BCUT2D eigenvalue weighted by atomic mass is 10.1. The van der Waals surface area contributed by atoms with Gasteiger partial charge in [-0.2, -0.15) is 0 Å². The van der Waals surface area contributed by atoms with Crippen molar-refractivity contribution in [3.63, 3.8) is 0 Å². The molecule has 0 bridgehead atoms. The molecule has 0 radical (unpaired) electrons. The summed E-state index contributed by atoms with van der Waals surface area (Å²) >= 11 is 0. The number of hydrogen-bond donors (Lipinski definition) is 2. The van der Waals surface area contributed by atoms with Crippen molar-refractivity contribution in [2.24, 2.45) is 0 Å². The number of aryl methyl sites for hydroxylation is 1. The minimum atomic E-state index is 0.501. The van der Waals surface area contributed by atoms with Crippen LogP contribution in [0, 0.1) is 6.92 Å². The second-order valence-electron chi connectivity index (χ2n) is 4.15. The van der Waals surface area contributed by atoms with Crippen LogP contribution >= 0.6 is 0 Å². The summed E-state index contributed by atoms with van der Waals surface area (Å²) in [6, 6.07) is 3.89. The number of ether oxygens (including phenoxy) is 1. The molecule has 3 N–H and O–H groups in total. The highest BCUT2D eigenvalue weighted by atomic mass is 16.5. The second kappa shape index (κ2) is 3.80. The van der Waals surface area contributed by atoms with Gasteiger partial charge in [0.15, 0.2) is 5.76 Å². The fraction of sp³-hybridized carbons (Fsp3) is 0.154. The molecule has 0 saturated heterocycles. The minimum Gasteiger partial charge on any atom is -0.495 e. The number of methoxy groups -OCH3 is 1. The van der Waals surface area contributed by atoms with Gasteiger partial charge in [0, 0.05) is 17.1 Å². The summed E-state index contributed by atoms with van der Waals surface area (Å²) in [7, 11) is 1.64. The van der Waals surface area contributed by atoms with E-state index < -0.39 is 0 Å². The summed E-state index contributed by atoms with van der Waals surface area (Å²) < 4.78 is 10.7. The number of nitrogens with zero attached hydrogens (tertiary/aromatic N) is 1. The Hall–Kier alpha value is -2.43. The van der Waals surface area contributed by atoms with Crippen LogP contribution in [0.25, 0.3) is 22.2 Å². The second-order valence-corrected chi connectivity index (χ2v) is 4.15. The zero-order chi connectivity index (χ0) is 12.7. The zero-order valence-electron chi connectivity index (χ0n) is 10.2. The number of nitrogen functional groups attached to an aromatic ring is 1. The number of hydrogen-bond acceptors (Lipinski definition) is 4. The molecular formula is C13H13N3O2. The van der Waals surface area contributed by atoms with Crippen molar-refractivity contribution in [1.29, 1.82) is 0 Å². The maximum Gasteiger partial charge on any atom is 0.193 e. The number of fused-ring (bicyclic) bond motifs is 1. The Morgan fingerprint density at radius 3 is 2.89 bits per heavy atom. The third kappa shape index (κ3) is 1.37. The molecule has 0 fully saturated rings. The normalized spacial score (nSPS) is 11.0. The Morgan fingerprint density at radius 1 is 1.39 bits per heavy atom. The highest BCUT2D eigenvalue weighted by Gasteiger charge is 2.17. The largest absolute Gasteiger partial charge is 0.495 e. The molecule has 2 heterocycles. The van der Waals surface area contributed by atoms with E-state index in [1.165, 1.54) is 6.20 Å². The predicted molar refractivity (Wildman–Crippen MR) is 69.5 cm³/mol. The van der Waals surface area contributed by atoms with E-state index in [-0.39, 0.29) is 0 Å². The van der Waals surface area contributed by atoms with Gasteiger partial charge in [-0.05, 0) is 24.6 Å². The Bertz CT molecular complexity index is 712. The Morgan fingerprint density at radius 2 is 2.22 bits per heavy atom. The zero-order valence-corrected chi connectivity index (χ0v) is 10.2. The van der Waals surface area contributed by atoms with E-state index in [4.69, 9.17) is 15.0 Å². The number of benzene rings is 1. The first-order valence-electron chi connectivity index (χ1n) is 5.57. The smallest absolute Gasteiger partial charge is 0.193 e. The molecule has 0 atom stereocenters. The number of nitrogens with one attached hydrogen (secondary N) is 1. The van der Waals surface area contributed by atoms with Crippen LogP contribution in [0.4, 0.5) is 5.69 Å². The van der Waals surface area contributed by atoms with Crippen LogP contribution in [0.2, 0.25) is 0 Å². The topological polar surface area (TPSA) is 77.1 Å². The van der Waals surface area contributed by atoms with E-state index in [0.29, 0.717) is 11.4 Å². The molecule has 5 heteroatoms. The molecule has 18 heavy (non-hydrogen) atoms. The molecule has 0 aliphatic heterocycles. The van der Waals surface area contributed by atoms with Gasteiger partial charge in [0.05, 0.1) is 18.9 Å². The fourth-order valence-corrected chi connectivity index (χ4v) is 2.20. The summed E-state index contributed by atoms with van der Waals surface area (Å²) in [6.45, 7) is 2.02. The van der Waals surface area contributed by atoms with E-state index in [2.05, 4.69) is 10.1 Å². The molecule has 0 amide bonds. The standard InChI is InChI=1S/C13H13N3O2/c1-7-5-15-10-4-3-8(13(17-2)11(7)10)12-9(14)6-16-18-12/h3-6,15H,14H2,1-2H3. The van der Waals surface area contributed by atoms with Crippen molar-refractivity contribution in [2.75, 3.05) is 12.8 Å². The van der Waals surface area contributed by atoms with Crippen molar-refractivity contribution in [1.82, 2.24) is 10.1 Å². The average molecular weight is 243 g/mol. The van der Waals surface area contributed by atoms with Gasteiger partial charge in [-0.25, -0.2) is 0 Å². The summed E-state index contributed by atoms with van der Waals surface area (Å²) in [4.78, 5) is 3.19. The highest BCUT2D eigenvalue weighted by molar-refractivity contribution is 5.96. The van der Waals surface area contributed by atoms with E-state index in [1.54, 1.807) is 7.11 Å². The van der Waals surface area contributed by atoms with Crippen LogP contribution in [-0.2, 0) is 0 Å². The molecular weight excluding hydrogens is 230 g/mol. The monoisotopic (exact) mass is 243 g/mol. The quantitative estimate of drug-likeness (QED) is 0.725. The molecule has 3 aromatic rings. The van der Waals surface area contributed by atoms with Gasteiger partial charge < -0.3 is 20.0 Å². The van der Waals surface area contributed by atoms with E-state index in [9.17, 15) is 0 Å². The third-order valence-corrected chi connectivity index (χ3v) is 3.04. The van der Waals surface area contributed by atoms with Crippen LogP contribution in [0.1, 0.15) is 5.56 Å². The lowest BCUT2D eigenvalue weighted by molar-refractivity contribution is 0.410. The summed E-state index contributed by atoms with van der Waals surface area (Å²) in [5.74, 6) is 1.28. The van der Waals surface area contributed by atoms with Crippen LogP contribution < -0.4 is 10.5 Å². The van der Waals surface area contributed by atoms with Crippen LogP contribution in [0.3, 0.4) is 0 Å². The van der Waals surface area contributed by atoms with Crippen molar-refractivity contribution >= 4 is 16.6 Å². The molecule has 0 spiro atoms. The first-order chi connectivity index (χ1) is 8.72. The van der Waals surface area contributed by atoms with Crippen molar-refractivity contribution in [3.8, 4) is 17.1 Å². The SMILES string of the molecule is COc1c(-c2oncc2N)ccc2[nH]cc(C)c12. The Balaban J connectivity index is 2.36. The molecule has 0 unspecified atom stereocenters. The summed E-state index contributed by atoms with van der Waals surface area (Å²) in [5, 5.41) is 4.73. The lowest BCUT2D eigenvalue weighted by Gasteiger charge is -2.08. The van der Waals surface area contributed by atoms with Gasteiger partial charge in [0.25, 0.3) is 0 Å². The first-order valence-corrected chi connectivity index (χ1v) is 5.57. The number of H-pyrrole nitrogens is 1. The molecule has 92 valence electrons. The summed E-state index contributed by atoms with van der Waals surface area (Å²) in [5.41, 5.74) is 9.28. The average Bonchev–Trinajstić information content (AvgIpc) is 2.95. The van der Waals surface area contributed by atoms with Gasteiger partial charge in [-0.15, -0.1) is 0 Å². The molecule has 0 aliphatic rings. The predicted octanol–water partition coefficient (Wildman–Crippen LogP) is 2.72. The maximum absolute atomic E-state index is 5.83. The lowest BCUT2D eigenvalue weighted by Crippen LogP contribution is -1.91. The van der Waals surface area contributed by atoms with Crippen molar-refractivity contribution in [2.45, 2.75) is 6.92 Å². The van der Waals surface area contributed by atoms with E-state index >= 15 is 0 Å². The fourth-order valence-electron chi connectivity index (χ4n) is 2.20. The molecule has 3 rings (SSSR count). The maximum atomic E-state index is 5.83. The van der Waals surface area contributed by atoms with Gasteiger partial charge in [-0.3, -0.25) is 0 Å². The Labute approximate surface area is 104 Å². The Kier molecular flexibility index (Phi) is 2.26. The molecule has 2 aromatic heterocycles. The first kappa shape index (κ1) is 10.7. The van der Waals surface area contributed by atoms with Crippen LogP contribution in [0.5, 0.6) is 5.75 Å². The van der Waals surface area contributed by atoms with Crippen LogP contribution in [-0.4, -0.2) is 17.3 Å². The van der Waals surface area contributed by atoms with Gasteiger partial charge >= 0.3 is 0 Å². The number of aromatic amines is 1. The molecule has 5 nitrogen and oxygen atoms in total. The van der Waals surface area contributed by atoms with Crippen molar-refractivity contribution < 1.29 is 9.26 Å². The number of aromatic nitrogens is 2. The van der Waals surface area contributed by atoms with Crippen LogP contribution in [0.15, 0.2) is 29.0 Å². The number of anilines is 1. The van der Waals surface area contributed by atoms with Gasteiger partial charge in [-0.1, -0.05) is 5.16 Å². The highest BCUT2D eigenvalue weighted by Crippen LogP contribution is 2.39. The molecule has 0 saturated carbocycles. The molecule has 0 aliphatic carbocycles. The van der Waals surface area contributed by atoms with Crippen molar-refractivity contribution in [3.05, 3.63) is 30.1 Å². The minimum absolute atomic E-state index is 0.501. The summed E-state index contributed by atoms with van der Waals surface area (Å²) in [6.07, 6.45) is 3.43. The van der Waals surface area contributed by atoms with E-state index in [1.807, 2.05) is 25.3 Å². The molecule has 1 aromatic carbocycles. The van der Waals surface area contributed by atoms with E-state index in [0.717, 1.165) is 27.8 Å². The third-order valence-electron chi connectivity index (χ3n) is 3.04. The van der Waals surface area contributed by atoms with Gasteiger partial charge in [0.1, 0.15) is 11.4 Å². The number of nitrogens with two attached hydrogens (primary N) is 1.